The van der Waals surface area contributed by atoms with Gasteiger partial charge in [-0.3, -0.25) is 14.9 Å². The first-order valence-corrected chi connectivity index (χ1v) is 9.05. The van der Waals surface area contributed by atoms with Gasteiger partial charge in [0, 0.05) is 43.8 Å². The molecule has 0 atom stereocenters. The number of benzene rings is 1. The van der Waals surface area contributed by atoms with E-state index in [1.807, 2.05) is 18.3 Å². The first kappa shape index (κ1) is 22.6. The molecule has 0 amide bonds. The Balaban J connectivity index is 0.00000338. The second-order valence-corrected chi connectivity index (χ2v) is 6.76. The van der Waals surface area contributed by atoms with Crippen molar-refractivity contribution in [3.63, 3.8) is 0 Å². The number of guanidine groups is 1. The van der Waals surface area contributed by atoms with Crippen LogP contribution < -0.4 is 10.6 Å². The van der Waals surface area contributed by atoms with Crippen molar-refractivity contribution < 1.29 is 0 Å². The number of pyridine rings is 1. The second kappa shape index (κ2) is 11.3. The van der Waals surface area contributed by atoms with E-state index in [2.05, 4.69) is 71.4 Å². The van der Waals surface area contributed by atoms with Gasteiger partial charge in [0.2, 0.25) is 0 Å². The summed E-state index contributed by atoms with van der Waals surface area (Å²) in [5.41, 5.74) is 1.03. The quantitative estimate of drug-likeness (QED) is 0.370. The molecular weight excluding hydrogens is 437 g/mol. The number of hydrogen-bond donors (Lipinski definition) is 2. The molecule has 2 N–H and O–H groups in total. The summed E-state index contributed by atoms with van der Waals surface area (Å²) in [6.07, 6.45) is 1.86. The minimum absolute atomic E-state index is 0. The summed E-state index contributed by atoms with van der Waals surface area (Å²) in [4.78, 5) is 11.3. The molecule has 0 fully saturated rings. The smallest absolute Gasteiger partial charge is 0.191 e. The van der Waals surface area contributed by atoms with Gasteiger partial charge in [0.05, 0.1) is 12.2 Å². The van der Waals surface area contributed by atoms with Crippen molar-refractivity contribution in [2.75, 3.05) is 20.1 Å². The van der Waals surface area contributed by atoms with Crippen molar-refractivity contribution in [2.45, 2.75) is 46.3 Å². The fraction of sp³-hybridized carbons (Fsp3) is 0.500. The van der Waals surface area contributed by atoms with Crippen LogP contribution in [0.4, 0.5) is 0 Å². The van der Waals surface area contributed by atoms with E-state index in [0.29, 0.717) is 18.6 Å². The zero-order chi connectivity index (χ0) is 18.2. The van der Waals surface area contributed by atoms with E-state index in [0.717, 1.165) is 24.7 Å². The van der Waals surface area contributed by atoms with Gasteiger partial charge in [-0.1, -0.05) is 24.3 Å². The van der Waals surface area contributed by atoms with Crippen molar-refractivity contribution >= 4 is 40.7 Å². The number of nitrogens with zero attached hydrogens (tertiary/aromatic N) is 3. The molecule has 5 nitrogen and oxygen atoms in total. The third-order valence-corrected chi connectivity index (χ3v) is 4.39. The third-order valence-electron chi connectivity index (χ3n) is 4.39. The van der Waals surface area contributed by atoms with Crippen molar-refractivity contribution in [3.05, 3.63) is 42.2 Å². The first-order chi connectivity index (χ1) is 12.0. The Kier molecular flexibility index (Phi) is 9.87. The van der Waals surface area contributed by atoms with Gasteiger partial charge in [0.15, 0.2) is 5.96 Å². The van der Waals surface area contributed by atoms with E-state index in [-0.39, 0.29) is 24.0 Å². The lowest BCUT2D eigenvalue weighted by molar-refractivity contribution is 0.178. The van der Waals surface area contributed by atoms with Crippen LogP contribution in [0.5, 0.6) is 0 Å². The third kappa shape index (κ3) is 6.39. The van der Waals surface area contributed by atoms with Gasteiger partial charge in [-0.15, -0.1) is 24.0 Å². The van der Waals surface area contributed by atoms with Crippen LogP contribution in [0.2, 0.25) is 0 Å². The van der Waals surface area contributed by atoms with E-state index in [9.17, 15) is 0 Å². The minimum atomic E-state index is 0. The summed E-state index contributed by atoms with van der Waals surface area (Å²) in [6, 6.07) is 11.4. The zero-order valence-electron chi connectivity index (χ0n) is 16.5. The second-order valence-electron chi connectivity index (χ2n) is 6.76. The summed E-state index contributed by atoms with van der Waals surface area (Å²) >= 11 is 0. The van der Waals surface area contributed by atoms with Crippen LogP contribution in [-0.2, 0) is 6.54 Å². The van der Waals surface area contributed by atoms with E-state index in [1.165, 1.54) is 10.8 Å². The standard InChI is InChI=1S/C20H31N5.HI/c1-15(2)25(16(3)4)13-12-23-20(21-5)24-14-19-18-9-7-6-8-17(18)10-11-22-19;/h6-11,15-16H,12-14H2,1-5H3,(H2,21,23,24);1H. The van der Waals surface area contributed by atoms with E-state index in [1.54, 1.807) is 7.05 Å². The predicted octanol–water partition coefficient (Wildman–Crippen LogP) is 3.64. The Hall–Kier alpha value is -1.41. The normalized spacial score (nSPS) is 11.9. The van der Waals surface area contributed by atoms with E-state index in [4.69, 9.17) is 0 Å². The van der Waals surface area contributed by atoms with Gasteiger partial charge < -0.3 is 10.6 Å². The van der Waals surface area contributed by atoms with Crippen LogP contribution in [0.1, 0.15) is 33.4 Å². The molecule has 0 saturated heterocycles. The van der Waals surface area contributed by atoms with Gasteiger partial charge in [0.1, 0.15) is 0 Å². The Morgan fingerprint density at radius 2 is 1.77 bits per heavy atom. The fourth-order valence-electron chi connectivity index (χ4n) is 3.13. The zero-order valence-corrected chi connectivity index (χ0v) is 18.8. The average molecular weight is 469 g/mol. The first-order valence-electron chi connectivity index (χ1n) is 9.05. The van der Waals surface area contributed by atoms with Gasteiger partial charge in [-0.05, 0) is 39.1 Å². The molecule has 0 aliphatic carbocycles. The van der Waals surface area contributed by atoms with Crippen molar-refractivity contribution in [3.8, 4) is 0 Å². The maximum Gasteiger partial charge on any atom is 0.191 e. The van der Waals surface area contributed by atoms with Crippen LogP contribution in [0.25, 0.3) is 10.8 Å². The molecule has 0 aliphatic rings. The molecule has 1 aromatic heterocycles. The molecule has 0 spiro atoms. The summed E-state index contributed by atoms with van der Waals surface area (Å²) in [5, 5.41) is 9.15. The van der Waals surface area contributed by atoms with Crippen LogP contribution in [0.3, 0.4) is 0 Å². The van der Waals surface area contributed by atoms with Crippen LogP contribution >= 0.6 is 24.0 Å². The Bertz CT molecular complexity index is 686. The molecule has 1 heterocycles. The van der Waals surface area contributed by atoms with Crippen molar-refractivity contribution in [1.82, 2.24) is 20.5 Å². The summed E-state index contributed by atoms with van der Waals surface area (Å²) in [6.45, 7) is 11.4. The van der Waals surface area contributed by atoms with Gasteiger partial charge in [-0.2, -0.15) is 0 Å². The molecule has 2 rings (SSSR count). The molecule has 0 aliphatic heterocycles. The number of nitrogens with one attached hydrogen (secondary N) is 2. The topological polar surface area (TPSA) is 52.6 Å². The minimum Gasteiger partial charge on any atom is -0.355 e. The average Bonchev–Trinajstić information content (AvgIpc) is 2.60. The number of aromatic nitrogens is 1. The molecule has 0 unspecified atom stereocenters. The highest BCUT2D eigenvalue weighted by Crippen LogP contribution is 2.15. The van der Waals surface area contributed by atoms with Crippen molar-refractivity contribution in [1.29, 1.82) is 0 Å². The predicted molar refractivity (Wildman–Crippen MR) is 122 cm³/mol. The van der Waals surface area contributed by atoms with Gasteiger partial charge in [0.25, 0.3) is 0 Å². The molecule has 1 aromatic carbocycles. The number of halogens is 1. The van der Waals surface area contributed by atoms with Crippen molar-refractivity contribution in [2.24, 2.45) is 4.99 Å². The highest BCUT2D eigenvalue weighted by Gasteiger charge is 2.12. The van der Waals surface area contributed by atoms with Crippen LogP contribution in [0, 0.1) is 0 Å². The van der Waals surface area contributed by atoms with Gasteiger partial charge in [-0.25, -0.2) is 0 Å². The summed E-state index contributed by atoms with van der Waals surface area (Å²) in [5.74, 6) is 0.808. The molecule has 6 heteroatoms. The molecule has 0 bridgehead atoms. The molecule has 2 aromatic rings. The van der Waals surface area contributed by atoms with E-state index < -0.39 is 0 Å². The Morgan fingerprint density at radius 3 is 2.42 bits per heavy atom. The Morgan fingerprint density at radius 1 is 1.08 bits per heavy atom. The lowest BCUT2D eigenvalue weighted by Gasteiger charge is -2.30. The SMILES string of the molecule is CN=C(NCCN(C(C)C)C(C)C)NCc1nccc2ccccc12.I. The Labute approximate surface area is 174 Å². The number of rotatable bonds is 7. The van der Waals surface area contributed by atoms with Crippen LogP contribution in [-0.4, -0.2) is 48.1 Å². The molecule has 144 valence electrons. The van der Waals surface area contributed by atoms with Crippen LogP contribution in [0.15, 0.2) is 41.5 Å². The number of aliphatic imine (C=N–C) groups is 1. The maximum absolute atomic E-state index is 4.51. The van der Waals surface area contributed by atoms with Gasteiger partial charge >= 0.3 is 0 Å². The molecule has 0 radical (unpaired) electrons. The molecule has 26 heavy (non-hydrogen) atoms. The monoisotopic (exact) mass is 469 g/mol. The summed E-state index contributed by atoms with van der Waals surface area (Å²) in [7, 11) is 1.80. The highest BCUT2D eigenvalue weighted by molar-refractivity contribution is 14.0. The highest BCUT2D eigenvalue weighted by atomic mass is 127. The summed E-state index contributed by atoms with van der Waals surface area (Å²) < 4.78 is 0. The number of hydrogen-bond acceptors (Lipinski definition) is 3. The lowest BCUT2D eigenvalue weighted by atomic mass is 10.1. The maximum atomic E-state index is 4.51. The number of fused-ring (bicyclic) bond motifs is 1. The largest absolute Gasteiger partial charge is 0.355 e. The molecule has 0 saturated carbocycles. The lowest BCUT2D eigenvalue weighted by Crippen LogP contribution is -2.45. The fourth-order valence-corrected chi connectivity index (χ4v) is 3.13. The molecular formula is C20H32IN5. The van der Waals surface area contributed by atoms with E-state index >= 15 is 0 Å².